The molecule has 0 aromatic heterocycles. The Balaban J connectivity index is 4.51. The molecule has 0 fully saturated rings. The zero-order chi connectivity index (χ0) is 46.5. The Morgan fingerprint density at radius 3 is 0.984 bits per heavy atom. The summed E-state index contributed by atoms with van der Waals surface area (Å²) in [6, 6.07) is 0. The molecule has 6 heteroatoms. The van der Waals surface area contributed by atoms with Gasteiger partial charge in [0.2, 0.25) is 0 Å². The molecule has 1 unspecified atom stereocenters. The van der Waals surface area contributed by atoms with E-state index in [1.807, 2.05) is 0 Å². The van der Waals surface area contributed by atoms with E-state index in [0.29, 0.717) is 19.3 Å². The van der Waals surface area contributed by atoms with Gasteiger partial charge in [0.15, 0.2) is 6.10 Å². The normalized spacial score (nSPS) is 13.0. The van der Waals surface area contributed by atoms with Crippen LogP contribution in [0.5, 0.6) is 0 Å². The Hall–Kier alpha value is -3.93. The minimum Gasteiger partial charge on any atom is -0.462 e. The predicted molar refractivity (Wildman–Crippen MR) is 274 cm³/mol. The van der Waals surface area contributed by atoms with E-state index in [0.717, 1.165) is 116 Å². The first kappa shape index (κ1) is 60.1. The second kappa shape index (κ2) is 51.7. The summed E-state index contributed by atoms with van der Waals surface area (Å²) in [5.41, 5.74) is 0. The topological polar surface area (TPSA) is 78.9 Å². The molecule has 0 saturated heterocycles. The van der Waals surface area contributed by atoms with Crippen molar-refractivity contribution in [1.29, 1.82) is 0 Å². The molecule has 0 heterocycles. The van der Waals surface area contributed by atoms with Crippen LogP contribution < -0.4 is 0 Å². The first-order valence-corrected chi connectivity index (χ1v) is 25.9. The lowest BCUT2D eigenvalue weighted by molar-refractivity contribution is -0.167. The third-order valence-corrected chi connectivity index (χ3v) is 10.5. The molecule has 0 radical (unpaired) electrons. The number of hydrogen-bond donors (Lipinski definition) is 0. The van der Waals surface area contributed by atoms with Crippen molar-refractivity contribution < 1.29 is 28.6 Å². The SMILES string of the molecule is CC/C=C\C/C=C\C/C=C\C/C=C\C/C=C\CCCCCC(=O)OCC(COC(=O)CCCCCCCCCCCCCC)OC(=O)CCCC/C=C\C/C=C\C/C=C\C/C=C\CC. The Bertz CT molecular complexity index is 1340. The molecule has 6 nitrogen and oxygen atoms in total. The molecule has 1 atom stereocenters. The lowest BCUT2D eigenvalue weighted by Gasteiger charge is -2.18. The summed E-state index contributed by atoms with van der Waals surface area (Å²) in [6.07, 6.45) is 69.3. The van der Waals surface area contributed by atoms with Crippen molar-refractivity contribution in [2.24, 2.45) is 0 Å². The van der Waals surface area contributed by atoms with E-state index in [1.165, 1.54) is 57.8 Å². The Kier molecular flexibility index (Phi) is 48.5. The highest BCUT2D eigenvalue weighted by molar-refractivity contribution is 5.71. The molecule has 0 bridgehead atoms. The van der Waals surface area contributed by atoms with E-state index in [2.05, 4.69) is 130 Å². The average Bonchev–Trinajstić information content (AvgIpc) is 3.29. The third kappa shape index (κ3) is 49.1. The minimum absolute atomic E-state index is 0.106. The molecule has 0 aliphatic carbocycles. The third-order valence-electron chi connectivity index (χ3n) is 10.5. The summed E-state index contributed by atoms with van der Waals surface area (Å²) in [6.45, 7) is 6.33. The molecule has 0 aromatic rings. The number of ether oxygens (including phenoxy) is 3. The van der Waals surface area contributed by atoms with Gasteiger partial charge in [-0.1, -0.05) is 207 Å². The molecule has 0 spiro atoms. The standard InChI is InChI=1S/C58H94O6/c1-4-7-10-13-16-19-22-25-27-28-29-30-32-33-36-39-42-45-48-51-57(60)63-54-55(53-62-56(59)50-47-44-41-38-35-24-21-18-15-12-9-6-3)64-58(61)52-49-46-43-40-37-34-31-26-23-20-17-14-11-8-5-2/h7-8,10-11,16-17,19-20,25-27,29-31,33,36-37,40,55H,4-6,9,12-15,18,21-24,28,32,34-35,38-39,41-54H2,1-3H3/b10-7-,11-8-,19-16-,20-17-,27-25-,30-29-,31-26-,36-33-,40-37-. The monoisotopic (exact) mass is 887 g/mol. The van der Waals surface area contributed by atoms with Crippen LogP contribution in [0.4, 0.5) is 0 Å². The zero-order valence-corrected chi connectivity index (χ0v) is 41.3. The van der Waals surface area contributed by atoms with Gasteiger partial charge in [0.05, 0.1) is 0 Å². The van der Waals surface area contributed by atoms with Gasteiger partial charge in [-0.25, -0.2) is 0 Å². The maximum Gasteiger partial charge on any atom is 0.306 e. The van der Waals surface area contributed by atoms with Gasteiger partial charge in [-0.05, 0) is 103 Å². The molecule has 362 valence electrons. The summed E-state index contributed by atoms with van der Waals surface area (Å²) >= 11 is 0. The van der Waals surface area contributed by atoms with E-state index in [4.69, 9.17) is 14.2 Å². The molecule has 0 amide bonds. The number of rotatable bonds is 45. The van der Waals surface area contributed by atoms with Crippen LogP contribution in [0.15, 0.2) is 109 Å². The van der Waals surface area contributed by atoms with E-state index in [-0.39, 0.29) is 37.5 Å². The molecule has 0 rings (SSSR count). The largest absolute Gasteiger partial charge is 0.462 e. The summed E-state index contributed by atoms with van der Waals surface area (Å²) < 4.78 is 16.7. The van der Waals surface area contributed by atoms with Crippen molar-refractivity contribution in [3.05, 3.63) is 109 Å². The summed E-state index contributed by atoms with van der Waals surface area (Å²) in [5, 5.41) is 0. The number of carbonyl (C=O) groups is 3. The van der Waals surface area contributed by atoms with Crippen LogP contribution in [0.3, 0.4) is 0 Å². The van der Waals surface area contributed by atoms with Crippen LogP contribution in [0.25, 0.3) is 0 Å². The Labute approximate surface area is 393 Å². The lowest BCUT2D eigenvalue weighted by Crippen LogP contribution is -2.30. The number of hydrogen-bond acceptors (Lipinski definition) is 6. The number of unbranched alkanes of at least 4 members (excludes halogenated alkanes) is 16. The van der Waals surface area contributed by atoms with Crippen molar-refractivity contribution in [3.63, 3.8) is 0 Å². The van der Waals surface area contributed by atoms with Crippen molar-refractivity contribution in [2.75, 3.05) is 13.2 Å². The van der Waals surface area contributed by atoms with Crippen LogP contribution in [0.2, 0.25) is 0 Å². The first-order valence-electron chi connectivity index (χ1n) is 25.9. The van der Waals surface area contributed by atoms with Crippen LogP contribution >= 0.6 is 0 Å². The van der Waals surface area contributed by atoms with Gasteiger partial charge in [0.1, 0.15) is 13.2 Å². The molecule has 0 N–H and O–H groups in total. The Morgan fingerprint density at radius 2 is 0.609 bits per heavy atom. The van der Waals surface area contributed by atoms with Crippen LogP contribution in [0.1, 0.15) is 220 Å². The minimum atomic E-state index is -0.813. The fraction of sp³-hybridized carbons (Fsp3) is 0.638. The molecule has 0 aliphatic rings. The second-order valence-corrected chi connectivity index (χ2v) is 16.7. The van der Waals surface area contributed by atoms with E-state index in [1.54, 1.807) is 0 Å². The van der Waals surface area contributed by atoms with Crippen molar-refractivity contribution in [2.45, 2.75) is 226 Å². The van der Waals surface area contributed by atoms with E-state index >= 15 is 0 Å². The fourth-order valence-electron chi connectivity index (χ4n) is 6.69. The van der Waals surface area contributed by atoms with Gasteiger partial charge >= 0.3 is 17.9 Å². The highest BCUT2D eigenvalue weighted by Gasteiger charge is 2.19. The maximum absolute atomic E-state index is 12.8. The fourth-order valence-corrected chi connectivity index (χ4v) is 6.69. The lowest BCUT2D eigenvalue weighted by atomic mass is 10.0. The molecule has 0 aliphatic heterocycles. The maximum atomic E-state index is 12.8. The quantitative estimate of drug-likeness (QED) is 0.0262. The molecule has 0 aromatic carbocycles. The van der Waals surface area contributed by atoms with Gasteiger partial charge in [-0.15, -0.1) is 0 Å². The smallest absolute Gasteiger partial charge is 0.306 e. The highest BCUT2D eigenvalue weighted by atomic mass is 16.6. The van der Waals surface area contributed by atoms with E-state index in [9.17, 15) is 14.4 Å². The number of esters is 3. The summed E-state index contributed by atoms with van der Waals surface area (Å²) in [4.78, 5) is 38.0. The molecular formula is C58H94O6. The van der Waals surface area contributed by atoms with Crippen molar-refractivity contribution in [3.8, 4) is 0 Å². The first-order chi connectivity index (χ1) is 31.5. The number of carbonyl (C=O) groups excluding carboxylic acids is 3. The molecule has 0 saturated carbocycles. The summed E-state index contributed by atoms with van der Waals surface area (Å²) in [5.74, 6) is -0.986. The summed E-state index contributed by atoms with van der Waals surface area (Å²) in [7, 11) is 0. The molecule has 64 heavy (non-hydrogen) atoms. The van der Waals surface area contributed by atoms with Crippen molar-refractivity contribution >= 4 is 17.9 Å². The van der Waals surface area contributed by atoms with E-state index < -0.39 is 6.10 Å². The van der Waals surface area contributed by atoms with Crippen molar-refractivity contribution in [1.82, 2.24) is 0 Å². The van der Waals surface area contributed by atoms with Gasteiger partial charge in [-0.3, -0.25) is 14.4 Å². The van der Waals surface area contributed by atoms with Crippen LogP contribution in [0, 0.1) is 0 Å². The zero-order valence-electron chi connectivity index (χ0n) is 41.3. The number of allylic oxidation sites excluding steroid dienone is 18. The van der Waals surface area contributed by atoms with Gasteiger partial charge in [0.25, 0.3) is 0 Å². The van der Waals surface area contributed by atoms with Crippen LogP contribution in [-0.2, 0) is 28.6 Å². The van der Waals surface area contributed by atoms with Gasteiger partial charge in [0, 0.05) is 19.3 Å². The Morgan fingerprint density at radius 1 is 0.328 bits per heavy atom. The predicted octanol–water partition coefficient (Wildman–Crippen LogP) is 17.1. The average molecular weight is 887 g/mol. The van der Waals surface area contributed by atoms with Gasteiger partial charge < -0.3 is 14.2 Å². The van der Waals surface area contributed by atoms with Gasteiger partial charge in [-0.2, -0.15) is 0 Å². The van der Waals surface area contributed by atoms with Crippen LogP contribution in [-0.4, -0.2) is 37.2 Å². The highest BCUT2D eigenvalue weighted by Crippen LogP contribution is 2.14. The molecular weight excluding hydrogens is 793 g/mol. The second-order valence-electron chi connectivity index (χ2n) is 16.7.